The van der Waals surface area contributed by atoms with Crippen LogP contribution in [0, 0.1) is 0 Å². The first-order valence-corrected chi connectivity index (χ1v) is 7.46. The first-order chi connectivity index (χ1) is 8.83. The fraction of sp³-hybridized carbons (Fsp3) is 0.500. The number of hydrogen-bond acceptors (Lipinski definition) is 3. The van der Waals surface area contributed by atoms with E-state index in [0.717, 1.165) is 0 Å². The monoisotopic (exact) mass is 261 g/mol. The summed E-state index contributed by atoms with van der Waals surface area (Å²) in [5.74, 6) is 0. The second-order valence-electron chi connectivity index (χ2n) is 4.97. The summed E-state index contributed by atoms with van der Waals surface area (Å²) < 4.78 is 1.91. The zero-order valence-corrected chi connectivity index (χ0v) is 11.6. The highest BCUT2D eigenvalue weighted by Crippen LogP contribution is 2.31. The molecule has 0 unspecified atom stereocenters. The van der Waals surface area contributed by atoms with Crippen molar-refractivity contribution in [3.63, 3.8) is 0 Å². The van der Waals surface area contributed by atoms with Crippen molar-refractivity contribution >= 4 is 11.3 Å². The molecule has 1 fully saturated rings. The third-order valence-corrected chi connectivity index (χ3v) is 4.63. The summed E-state index contributed by atoms with van der Waals surface area (Å²) in [5.41, 5.74) is 1.38. The normalized spacial score (nSPS) is 20.6. The average Bonchev–Trinajstić information content (AvgIpc) is 3.07. The minimum atomic E-state index is 0.582. The smallest absolute Gasteiger partial charge is 0.0537 e. The predicted octanol–water partition coefficient (Wildman–Crippen LogP) is 2.86. The summed E-state index contributed by atoms with van der Waals surface area (Å²) in [6.07, 6.45) is 7.94. The van der Waals surface area contributed by atoms with Gasteiger partial charge in [0.25, 0.3) is 0 Å². The highest BCUT2D eigenvalue weighted by atomic mass is 32.1. The summed E-state index contributed by atoms with van der Waals surface area (Å²) >= 11 is 1.86. The molecule has 3 nitrogen and oxygen atoms in total. The molecule has 0 N–H and O–H groups in total. The SMILES string of the molecule is Cn1cc([C@@H]2CCCN2CCc2cccs2)cn1. The number of aromatic nitrogens is 2. The summed E-state index contributed by atoms with van der Waals surface area (Å²) in [6, 6.07) is 4.96. The van der Waals surface area contributed by atoms with Gasteiger partial charge in [-0.2, -0.15) is 5.10 Å². The van der Waals surface area contributed by atoms with E-state index in [2.05, 4.69) is 33.7 Å². The molecule has 0 amide bonds. The van der Waals surface area contributed by atoms with Gasteiger partial charge in [0.2, 0.25) is 0 Å². The van der Waals surface area contributed by atoms with Crippen LogP contribution in [0.4, 0.5) is 0 Å². The lowest BCUT2D eigenvalue weighted by Gasteiger charge is -2.23. The fourth-order valence-corrected chi connectivity index (χ4v) is 3.49. The van der Waals surface area contributed by atoms with Crippen LogP contribution in [0.15, 0.2) is 29.9 Å². The fourth-order valence-electron chi connectivity index (χ4n) is 2.79. The van der Waals surface area contributed by atoms with Crippen LogP contribution in [0.2, 0.25) is 0 Å². The molecular weight excluding hydrogens is 242 g/mol. The van der Waals surface area contributed by atoms with Crippen LogP contribution in [0.5, 0.6) is 0 Å². The average molecular weight is 261 g/mol. The molecule has 0 aromatic carbocycles. The number of nitrogens with zero attached hydrogens (tertiary/aromatic N) is 3. The van der Waals surface area contributed by atoms with Crippen molar-refractivity contribution in [3.8, 4) is 0 Å². The quantitative estimate of drug-likeness (QED) is 0.844. The molecule has 1 saturated heterocycles. The van der Waals surface area contributed by atoms with Crippen molar-refractivity contribution in [2.75, 3.05) is 13.1 Å². The molecule has 96 valence electrons. The molecule has 0 bridgehead atoms. The van der Waals surface area contributed by atoms with Crippen LogP contribution in [-0.4, -0.2) is 27.8 Å². The highest BCUT2D eigenvalue weighted by molar-refractivity contribution is 7.09. The molecule has 3 rings (SSSR count). The molecule has 18 heavy (non-hydrogen) atoms. The zero-order chi connectivity index (χ0) is 12.4. The topological polar surface area (TPSA) is 21.1 Å². The van der Waals surface area contributed by atoms with Crippen LogP contribution < -0.4 is 0 Å². The Bertz CT molecular complexity index is 489. The maximum Gasteiger partial charge on any atom is 0.0537 e. The molecular formula is C14H19N3S. The zero-order valence-electron chi connectivity index (χ0n) is 10.7. The Labute approximate surface area is 112 Å². The molecule has 1 atom stereocenters. The molecule has 0 saturated carbocycles. The van der Waals surface area contributed by atoms with E-state index in [9.17, 15) is 0 Å². The van der Waals surface area contributed by atoms with Gasteiger partial charge in [0, 0.05) is 36.3 Å². The van der Waals surface area contributed by atoms with E-state index in [-0.39, 0.29) is 0 Å². The Kier molecular flexibility index (Phi) is 3.48. The van der Waals surface area contributed by atoms with E-state index in [1.165, 1.54) is 42.8 Å². The van der Waals surface area contributed by atoms with Crippen molar-refractivity contribution in [2.24, 2.45) is 7.05 Å². The van der Waals surface area contributed by atoms with Crippen molar-refractivity contribution in [3.05, 3.63) is 40.3 Å². The number of rotatable bonds is 4. The molecule has 1 aliphatic heterocycles. The Balaban J connectivity index is 1.64. The summed E-state index contributed by atoms with van der Waals surface area (Å²) in [5, 5.41) is 6.46. The van der Waals surface area contributed by atoms with E-state index in [1.807, 2.05) is 29.3 Å². The highest BCUT2D eigenvalue weighted by Gasteiger charge is 2.26. The molecule has 4 heteroatoms. The number of likely N-dealkylation sites (tertiary alicyclic amines) is 1. The summed E-state index contributed by atoms with van der Waals surface area (Å²) in [7, 11) is 1.99. The Hall–Kier alpha value is -1.13. The number of hydrogen-bond donors (Lipinski definition) is 0. The lowest BCUT2D eigenvalue weighted by Crippen LogP contribution is -2.25. The maximum absolute atomic E-state index is 4.30. The molecule has 0 spiro atoms. The third-order valence-electron chi connectivity index (χ3n) is 3.70. The van der Waals surface area contributed by atoms with E-state index in [0.29, 0.717) is 6.04 Å². The van der Waals surface area contributed by atoms with E-state index in [1.54, 1.807) is 0 Å². The summed E-state index contributed by atoms with van der Waals surface area (Å²) in [4.78, 5) is 4.10. The van der Waals surface area contributed by atoms with Gasteiger partial charge in [0.05, 0.1) is 6.20 Å². The minimum absolute atomic E-state index is 0.582. The first kappa shape index (κ1) is 11.9. The van der Waals surface area contributed by atoms with Gasteiger partial charge in [-0.05, 0) is 37.3 Å². The van der Waals surface area contributed by atoms with Crippen molar-refractivity contribution in [2.45, 2.75) is 25.3 Å². The van der Waals surface area contributed by atoms with Gasteiger partial charge < -0.3 is 0 Å². The minimum Gasteiger partial charge on any atom is -0.296 e. The van der Waals surface area contributed by atoms with Crippen molar-refractivity contribution < 1.29 is 0 Å². The maximum atomic E-state index is 4.30. The molecule has 0 aliphatic carbocycles. The van der Waals surface area contributed by atoms with Crippen LogP contribution in [0.1, 0.15) is 29.3 Å². The number of aryl methyl sites for hydroxylation is 1. The molecule has 2 aromatic heterocycles. The lowest BCUT2D eigenvalue weighted by atomic mass is 10.1. The van der Waals surface area contributed by atoms with Gasteiger partial charge in [0.1, 0.15) is 0 Å². The molecule has 1 aliphatic rings. The Morgan fingerprint density at radius 2 is 2.44 bits per heavy atom. The third kappa shape index (κ3) is 2.49. The summed E-state index contributed by atoms with van der Waals surface area (Å²) in [6.45, 7) is 2.39. The van der Waals surface area contributed by atoms with E-state index < -0.39 is 0 Å². The molecule has 3 heterocycles. The van der Waals surface area contributed by atoms with Crippen LogP contribution >= 0.6 is 11.3 Å². The van der Waals surface area contributed by atoms with Crippen molar-refractivity contribution in [1.29, 1.82) is 0 Å². The van der Waals surface area contributed by atoms with Crippen LogP contribution in [0.3, 0.4) is 0 Å². The van der Waals surface area contributed by atoms with Crippen LogP contribution in [-0.2, 0) is 13.5 Å². The van der Waals surface area contributed by atoms with Gasteiger partial charge in [-0.25, -0.2) is 0 Å². The molecule has 0 radical (unpaired) electrons. The van der Waals surface area contributed by atoms with Gasteiger partial charge in [-0.15, -0.1) is 11.3 Å². The Morgan fingerprint density at radius 3 is 3.17 bits per heavy atom. The van der Waals surface area contributed by atoms with Crippen LogP contribution in [0.25, 0.3) is 0 Å². The van der Waals surface area contributed by atoms with E-state index >= 15 is 0 Å². The standard InChI is InChI=1S/C14H19N3S/c1-16-11-12(10-15-16)14-5-2-7-17(14)8-6-13-4-3-9-18-13/h3-4,9-11,14H,2,5-8H2,1H3/t14-/m0/s1. The second-order valence-corrected chi connectivity index (χ2v) is 6.00. The van der Waals surface area contributed by atoms with Gasteiger partial charge in [-0.1, -0.05) is 6.07 Å². The molecule has 2 aromatic rings. The second kappa shape index (κ2) is 5.24. The Morgan fingerprint density at radius 1 is 1.50 bits per heavy atom. The predicted molar refractivity (Wildman–Crippen MR) is 74.8 cm³/mol. The first-order valence-electron chi connectivity index (χ1n) is 6.58. The van der Waals surface area contributed by atoms with Crippen molar-refractivity contribution in [1.82, 2.24) is 14.7 Å². The lowest BCUT2D eigenvalue weighted by molar-refractivity contribution is 0.261. The van der Waals surface area contributed by atoms with Gasteiger partial charge >= 0.3 is 0 Å². The van der Waals surface area contributed by atoms with Gasteiger partial charge in [-0.3, -0.25) is 9.58 Å². The largest absolute Gasteiger partial charge is 0.296 e. The number of thiophene rings is 1. The van der Waals surface area contributed by atoms with E-state index in [4.69, 9.17) is 0 Å². The van der Waals surface area contributed by atoms with Gasteiger partial charge in [0.15, 0.2) is 0 Å².